The Bertz CT molecular complexity index is 793. The number of fused-ring (bicyclic) bond motifs is 7. The van der Waals surface area contributed by atoms with Gasteiger partial charge in [-0.2, -0.15) is 0 Å². The smallest absolute Gasteiger partial charge is 0.126 e. The average molecular weight is 427 g/mol. The van der Waals surface area contributed by atoms with Gasteiger partial charge >= 0.3 is 0 Å². The molecule has 4 saturated carbocycles. The zero-order valence-electron chi connectivity index (χ0n) is 21.0. The van der Waals surface area contributed by atoms with Crippen LogP contribution in [0.3, 0.4) is 0 Å². The van der Waals surface area contributed by atoms with E-state index in [1.165, 1.54) is 51.2 Å². The Labute approximate surface area is 190 Å². The van der Waals surface area contributed by atoms with Gasteiger partial charge in [-0.05, 0) is 110 Å². The van der Waals surface area contributed by atoms with Gasteiger partial charge in [0.1, 0.15) is 6.29 Å². The predicted molar refractivity (Wildman–Crippen MR) is 126 cm³/mol. The van der Waals surface area contributed by atoms with Crippen LogP contribution in [0.1, 0.15) is 106 Å². The summed E-state index contributed by atoms with van der Waals surface area (Å²) in [4.78, 5) is 12.5. The Morgan fingerprint density at radius 3 is 2.35 bits per heavy atom. The van der Waals surface area contributed by atoms with Crippen molar-refractivity contribution in [2.45, 2.75) is 112 Å². The van der Waals surface area contributed by atoms with Crippen LogP contribution in [-0.4, -0.2) is 17.5 Å². The Morgan fingerprint density at radius 2 is 1.65 bits per heavy atom. The Hall–Kier alpha value is -0.630. The molecule has 0 spiro atoms. The third-order valence-corrected chi connectivity index (χ3v) is 12.1. The molecule has 5 aliphatic carbocycles. The highest BCUT2D eigenvalue weighted by Gasteiger charge is 2.64. The molecule has 5 aliphatic rings. The van der Waals surface area contributed by atoms with Gasteiger partial charge in [0.05, 0.1) is 6.10 Å². The Morgan fingerprint density at radius 1 is 0.903 bits per heavy atom. The highest BCUT2D eigenvalue weighted by molar-refractivity contribution is 5.62. The van der Waals surface area contributed by atoms with Crippen LogP contribution < -0.4 is 0 Å². The van der Waals surface area contributed by atoms with E-state index in [1.54, 1.807) is 5.57 Å². The lowest BCUT2D eigenvalue weighted by molar-refractivity contribution is -0.164. The molecule has 0 bridgehead atoms. The van der Waals surface area contributed by atoms with E-state index in [2.05, 4.69) is 47.6 Å². The molecule has 174 valence electrons. The summed E-state index contributed by atoms with van der Waals surface area (Å²) in [6.45, 7) is 14.6. The van der Waals surface area contributed by atoms with Gasteiger partial charge in [0.15, 0.2) is 0 Å². The van der Waals surface area contributed by atoms with E-state index in [4.69, 9.17) is 0 Å². The quantitative estimate of drug-likeness (QED) is 0.363. The summed E-state index contributed by atoms with van der Waals surface area (Å²) in [7, 11) is 0. The van der Waals surface area contributed by atoms with Crippen LogP contribution >= 0.6 is 0 Å². The molecular formula is C29H46O2. The van der Waals surface area contributed by atoms with Crippen LogP contribution in [0.2, 0.25) is 0 Å². The molecule has 31 heavy (non-hydrogen) atoms. The standard InChI is InChI=1S/C29H46O2/c1-25(2)15-16-29(18-30)14-10-21-19-7-8-22-26(3,4)24(31)11-13-27(22,5)20(19)9-12-28(21,6)23(29)17-25/h10,18-20,22-24,31H,7-9,11-17H2,1-6H3. The monoisotopic (exact) mass is 426 g/mol. The number of hydrogen-bond donors (Lipinski definition) is 1. The van der Waals surface area contributed by atoms with Gasteiger partial charge in [0, 0.05) is 5.41 Å². The van der Waals surface area contributed by atoms with Crippen LogP contribution in [-0.2, 0) is 4.79 Å². The molecule has 0 heterocycles. The molecule has 0 saturated heterocycles. The summed E-state index contributed by atoms with van der Waals surface area (Å²) in [5.74, 6) is 2.58. The maximum Gasteiger partial charge on any atom is 0.126 e. The highest BCUT2D eigenvalue weighted by Crippen LogP contribution is 2.71. The van der Waals surface area contributed by atoms with Gasteiger partial charge in [0.25, 0.3) is 0 Å². The third kappa shape index (κ3) is 2.88. The number of allylic oxidation sites excluding steroid dienone is 2. The first kappa shape index (κ1) is 22.2. The number of carbonyl (C=O) groups is 1. The average Bonchev–Trinajstić information content (AvgIpc) is 2.71. The Kier molecular flexibility index (Phi) is 4.80. The van der Waals surface area contributed by atoms with Gasteiger partial charge in [-0.1, -0.05) is 53.2 Å². The first-order valence-corrected chi connectivity index (χ1v) is 13.2. The molecule has 8 unspecified atom stereocenters. The molecule has 1 N–H and O–H groups in total. The van der Waals surface area contributed by atoms with Crippen molar-refractivity contribution in [2.75, 3.05) is 0 Å². The SMILES string of the molecule is CC1(C)CCC2(C=O)CC=C3C4CCC5C(C)(C)C(O)CCC5(C)C4CCC3(C)C2C1. The van der Waals surface area contributed by atoms with Crippen molar-refractivity contribution in [1.82, 2.24) is 0 Å². The van der Waals surface area contributed by atoms with Crippen molar-refractivity contribution in [3.8, 4) is 0 Å². The number of carbonyl (C=O) groups excluding carboxylic acids is 1. The summed E-state index contributed by atoms with van der Waals surface area (Å²) in [5.41, 5.74) is 2.56. The largest absolute Gasteiger partial charge is 0.393 e. The van der Waals surface area contributed by atoms with Gasteiger partial charge in [-0.3, -0.25) is 0 Å². The van der Waals surface area contributed by atoms with E-state index in [0.717, 1.165) is 25.2 Å². The van der Waals surface area contributed by atoms with E-state index in [1.807, 2.05) is 0 Å². The Balaban J connectivity index is 1.52. The van der Waals surface area contributed by atoms with Gasteiger partial charge in [0.2, 0.25) is 0 Å². The summed E-state index contributed by atoms with van der Waals surface area (Å²) in [5, 5.41) is 10.8. The number of rotatable bonds is 1. The molecule has 0 aromatic rings. The minimum Gasteiger partial charge on any atom is -0.393 e. The second kappa shape index (κ2) is 6.71. The maximum atomic E-state index is 12.5. The molecule has 2 nitrogen and oxygen atoms in total. The molecule has 0 aromatic carbocycles. The summed E-state index contributed by atoms with van der Waals surface area (Å²) in [6, 6.07) is 0. The lowest BCUT2D eigenvalue weighted by atomic mass is 9.38. The van der Waals surface area contributed by atoms with Crippen molar-refractivity contribution in [2.24, 2.45) is 50.7 Å². The number of aldehydes is 1. The van der Waals surface area contributed by atoms with Crippen LogP contribution in [0, 0.1) is 50.7 Å². The first-order chi connectivity index (χ1) is 14.4. The van der Waals surface area contributed by atoms with Crippen LogP contribution in [0.25, 0.3) is 0 Å². The fourth-order valence-corrected chi connectivity index (χ4v) is 10.1. The van der Waals surface area contributed by atoms with E-state index in [9.17, 15) is 9.90 Å². The number of hydrogen-bond acceptors (Lipinski definition) is 2. The second-order valence-corrected chi connectivity index (χ2v) is 14.3. The lowest BCUT2D eigenvalue weighted by Crippen LogP contribution is -2.60. The van der Waals surface area contributed by atoms with Crippen molar-refractivity contribution in [3.05, 3.63) is 11.6 Å². The first-order valence-electron chi connectivity index (χ1n) is 13.2. The van der Waals surface area contributed by atoms with Crippen molar-refractivity contribution in [1.29, 1.82) is 0 Å². The van der Waals surface area contributed by atoms with Gasteiger partial charge < -0.3 is 9.90 Å². The van der Waals surface area contributed by atoms with E-state index in [-0.39, 0.29) is 22.3 Å². The van der Waals surface area contributed by atoms with Crippen LogP contribution in [0.5, 0.6) is 0 Å². The lowest BCUT2D eigenvalue weighted by Gasteiger charge is -2.66. The number of aliphatic hydroxyl groups is 1. The van der Waals surface area contributed by atoms with Crippen molar-refractivity contribution in [3.63, 3.8) is 0 Å². The van der Waals surface area contributed by atoms with Crippen LogP contribution in [0.4, 0.5) is 0 Å². The fraction of sp³-hybridized carbons (Fsp3) is 0.897. The third-order valence-electron chi connectivity index (χ3n) is 12.1. The molecule has 2 heteroatoms. The molecule has 0 radical (unpaired) electrons. The molecule has 4 fully saturated rings. The maximum absolute atomic E-state index is 12.5. The summed E-state index contributed by atoms with van der Waals surface area (Å²) in [6.07, 6.45) is 15.5. The topological polar surface area (TPSA) is 37.3 Å². The summed E-state index contributed by atoms with van der Waals surface area (Å²) < 4.78 is 0. The molecular weight excluding hydrogens is 380 g/mol. The highest BCUT2D eigenvalue weighted by atomic mass is 16.3. The number of aliphatic hydroxyl groups excluding tert-OH is 1. The molecule has 0 aliphatic heterocycles. The van der Waals surface area contributed by atoms with Crippen molar-refractivity contribution >= 4 is 6.29 Å². The molecule has 8 atom stereocenters. The zero-order valence-corrected chi connectivity index (χ0v) is 21.0. The van der Waals surface area contributed by atoms with E-state index < -0.39 is 0 Å². The van der Waals surface area contributed by atoms with E-state index >= 15 is 0 Å². The van der Waals surface area contributed by atoms with Crippen LogP contribution in [0.15, 0.2) is 11.6 Å². The normalized spacial score (nSPS) is 52.6. The minimum absolute atomic E-state index is 0.0275. The predicted octanol–water partition coefficient (Wildman–Crippen LogP) is 6.96. The molecule has 5 rings (SSSR count). The molecule has 0 aromatic heterocycles. The minimum atomic E-state index is -0.150. The van der Waals surface area contributed by atoms with E-state index in [0.29, 0.717) is 28.6 Å². The second-order valence-electron chi connectivity index (χ2n) is 14.3. The van der Waals surface area contributed by atoms with Gasteiger partial charge in [-0.15, -0.1) is 0 Å². The fourth-order valence-electron chi connectivity index (χ4n) is 10.1. The van der Waals surface area contributed by atoms with Gasteiger partial charge in [-0.25, -0.2) is 0 Å². The zero-order chi connectivity index (χ0) is 22.4. The molecule has 0 amide bonds. The summed E-state index contributed by atoms with van der Waals surface area (Å²) >= 11 is 0. The van der Waals surface area contributed by atoms with Crippen molar-refractivity contribution < 1.29 is 9.90 Å².